The third-order valence-electron chi connectivity index (χ3n) is 4.27. The SMILES string of the molecule is COc1cc(/C=C/c2cccc(-n3cnc4ccccc43)c2)ccc1O. The Morgan fingerprint density at radius 1 is 0.923 bits per heavy atom. The lowest BCUT2D eigenvalue weighted by Crippen LogP contribution is -1.91. The van der Waals surface area contributed by atoms with E-state index in [1.807, 2.05) is 48.8 Å². The number of fused-ring (bicyclic) bond motifs is 1. The Kier molecular flexibility index (Phi) is 4.15. The van der Waals surface area contributed by atoms with E-state index in [4.69, 9.17) is 4.74 Å². The fourth-order valence-corrected chi connectivity index (χ4v) is 2.93. The van der Waals surface area contributed by atoms with Crippen LogP contribution in [0.2, 0.25) is 0 Å². The van der Waals surface area contributed by atoms with Crippen molar-refractivity contribution in [2.24, 2.45) is 0 Å². The number of imidazole rings is 1. The Hall–Kier alpha value is -3.53. The highest BCUT2D eigenvalue weighted by Gasteiger charge is 2.04. The van der Waals surface area contributed by atoms with Crippen LogP contribution in [0.3, 0.4) is 0 Å². The van der Waals surface area contributed by atoms with E-state index in [0.29, 0.717) is 5.75 Å². The Morgan fingerprint density at radius 2 is 1.73 bits per heavy atom. The summed E-state index contributed by atoms with van der Waals surface area (Å²) in [4.78, 5) is 4.45. The topological polar surface area (TPSA) is 47.3 Å². The van der Waals surface area contributed by atoms with Gasteiger partial charge in [0.25, 0.3) is 0 Å². The van der Waals surface area contributed by atoms with Crippen LogP contribution in [0.5, 0.6) is 11.5 Å². The molecule has 4 heteroatoms. The van der Waals surface area contributed by atoms with Crippen molar-refractivity contribution in [2.75, 3.05) is 7.11 Å². The molecular formula is C22H18N2O2. The second-order valence-electron chi connectivity index (χ2n) is 5.96. The zero-order valence-corrected chi connectivity index (χ0v) is 14.3. The molecule has 1 heterocycles. The molecule has 3 aromatic carbocycles. The van der Waals surface area contributed by atoms with Crippen molar-refractivity contribution < 1.29 is 9.84 Å². The molecule has 4 aromatic rings. The highest BCUT2D eigenvalue weighted by atomic mass is 16.5. The molecule has 26 heavy (non-hydrogen) atoms. The average Bonchev–Trinajstić information content (AvgIpc) is 3.12. The number of para-hydroxylation sites is 2. The molecular weight excluding hydrogens is 324 g/mol. The summed E-state index contributed by atoms with van der Waals surface area (Å²) in [6.45, 7) is 0. The molecule has 0 radical (unpaired) electrons. The lowest BCUT2D eigenvalue weighted by Gasteiger charge is -2.06. The average molecular weight is 342 g/mol. The van der Waals surface area contributed by atoms with Gasteiger partial charge in [-0.15, -0.1) is 0 Å². The molecule has 0 aliphatic heterocycles. The molecule has 4 rings (SSSR count). The van der Waals surface area contributed by atoms with E-state index in [1.165, 1.54) is 0 Å². The molecule has 4 nitrogen and oxygen atoms in total. The van der Waals surface area contributed by atoms with Crippen molar-refractivity contribution >= 4 is 23.2 Å². The first kappa shape index (κ1) is 16.0. The van der Waals surface area contributed by atoms with Gasteiger partial charge in [0.1, 0.15) is 6.33 Å². The van der Waals surface area contributed by atoms with Crippen molar-refractivity contribution in [3.8, 4) is 17.2 Å². The molecule has 0 aliphatic carbocycles. The van der Waals surface area contributed by atoms with Crippen molar-refractivity contribution in [3.63, 3.8) is 0 Å². The molecule has 0 fully saturated rings. The Bertz CT molecular complexity index is 1100. The number of hydrogen-bond donors (Lipinski definition) is 1. The molecule has 1 aromatic heterocycles. The first-order valence-electron chi connectivity index (χ1n) is 8.32. The summed E-state index contributed by atoms with van der Waals surface area (Å²) in [6.07, 6.45) is 5.87. The number of hydrogen-bond acceptors (Lipinski definition) is 3. The highest BCUT2D eigenvalue weighted by molar-refractivity contribution is 5.78. The van der Waals surface area contributed by atoms with Crippen LogP contribution in [0.15, 0.2) is 73.1 Å². The van der Waals surface area contributed by atoms with Crippen LogP contribution in [0.25, 0.3) is 28.9 Å². The number of benzene rings is 3. The van der Waals surface area contributed by atoms with Gasteiger partial charge < -0.3 is 9.84 Å². The smallest absolute Gasteiger partial charge is 0.161 e. The molecule has 1 N–H and O–H groups in total. The molecule has 0 saturated carbocycles. The van der Waals surface area contributed by atoms with Crippen LogP contribution < -0.4 is 4.74 Å². The molecule has 0 amide bonds. The van der Waals surface area contributed by atoms with Crippen molar-refractivity contribution in [1.82, 2.24) is 9.55 Å². The van der Waals surface area contributed by atoms with Gasteiger partial charge in [-0.3, -0.25) is 4.57 Å². The first-order chi connectivity index (χ1) is 12.7. The first-order valence-corrected chi connectivity index (χ1v) is 8.32. The van der Waals surface area contributed by atoms with Crippen LogP contribution in [-0.2, 0) is 0 Å². The maximum atomic E-state index is 9.69. The summed E-state index contributed by atoms with van der Waals surface area (Å²) in [5.74, 6) is 0.601. The maximum Gasteiger partial charge on any atom is 0.161 e. The van der Waals surface area contributed by atoms with Crippen molar-refractivity contribution in [2.45, 2.75) is 0 Å². The van der Waals surface area contributed by atoms with E-state index in [1.54, 1.807) is 19.2 Å². The normalized spacial score (nSPS) is 11.3. The minimum Gasteiger partial charge on any atom is -0.504 e. The van der Waals surface area contributed by atoms with E-state index in [-0.39, 0.29) is 5.75 Å². The Labute approximate surface area is 151 Å². The summed E-state index contributed by atoms with van der Waals surface area (Å²) < 4.78 is 7.23. The minimum absolute atomic E-state index is 0.138. The zero-order chi connectivity index (χ0) is 17.9. The van der Waals surface area contributed by atoms with Gasteiger partial charge >= 0.3 is 0 Å². The van der Waals surface area contributed by atoms with Crippen LogP contribution in [0, 0.1) is 0 Å². The number of aromatic nitrogens is 2. The van der Waals surface area contributed by atoms with Gasteiger partial charge in [0.15, 0.2) is 11.5 Å². The van der Waals surface area contributed by atoms with Crippen molar-refractivity contribution in [3.05, 3.63) is 84.2 Å². The van der Waals surface area contributed by atoms with Crippen LogP contribution >= 0.6 is 0 Å². The van der Waals surface area contributed by atoms with E-state index < -0.39 is 0 Å². The number of nitrogens with zero attached hydrogens (tertiary/aromatic N) is 2. The third-order valence-corrected chi connectivity index (χ3v) is 4.27. The maximum absolute atomic E-state index is 9.69. The predicted octanol–water partition coefficient (Wildman–Crippen LogP) is 4.91. The standard InChI is InChI=1S/C22H18N2O2/c1-26-22-14-17(11-12-21(22)25)10-9-16-5-4-6-18(13-16)24-15-23-19-7-2-3-8-20(19)24/h2-15,25H,1H3/b10-9+. The van der Waals surface area contributed by atoms with E-state index >= 15 is 0 Å². The van der Waals surface area contributed by atoms with Gasteiger partial charge in [-0.25, -0.2) is 4.98 Å². The van der Waals surface area contributed by atoms with Crippen LogP contribution in [0.4, 0.5) is 0 Å². The van der Waals surface area contributed by atoms with Gasteiger partial charge in [0, 0.05) is 5.69 Å². The number of aromatic hydroxyl groups is 1. The lowest BCUT2D eigenvalue weighted by atomic mass is 10.1. The monoisotopic (exact) mass is 342 g/mol. The predicted molar refractivity (Wildman–Crippen MR) is 105 cm³/mol. The molecule has 0 spiro atoms. The molecule has 0 aliphatic rings. The zero-order valence-electron chi connectivity index (χ0n) is 14.3. The van der Waals surface area contributed by atoms with Gasteiger partial charge in [-0.2, -0.15) is 0 Å². The minimum atomic E-state index is 0.138. The second kappa shape index (κ2) is 6.76. The molecule has 0 atom stereocenters. The quantitative estimate of drug-likeness (QED) is 0.536. The van der Waals surface area contributed by atoms with E-state index in [9.17, 15) is 5.11 Å². The summed E-state index contributed by atoms with van der Waals surface area (Å²) >= 11 is 0. The van der Waals surface area contributed by atoms with Gasteiger partial charge in [-0.1, -0.05) is 42.5 Å². The number of phenols is 1. The number of phenolic OH excluding ortho intramolecular Hbond substituents is 1. The molecule has 0 unspecified atom stereocenters. The van der Waals surface area contributed by atoms with Crippen LogP contribution in [0.1, 0.15) is 11.1 Å². The molecule has 0 saturated heterocycles. The van der Waals surface area contributed by atoms with Gasteiger partial charge in [0.05, 0.1) is 18.1 Å². The number of rotatable bonds is 4. The van der Waals surface area contributed by atoms with Crippen molar-refractivity contribution in [1.29, 1.82) is 0 Å². The summed E-state index contributed by atoms with van der Waals surface area (Å²) in [5, 5.41) is 9.69. The summed E-state index contributed by atoms with van der Waals surface area (Å²) in [6, 6.07) is 21.6. The number of methoxy groups -OCH3 is 1. The second-order valence-corrected chi connectivity index (χ2v) is 5.96. The third kappa shape index (κ3) is 3.05. The van der Waals surface area contributed by atoms with E-state index in [0.717, 1.165) is 27.8 Å². The molecule has 128 valence electrons. The fraction of sp³-hybridized carbons (Fsp3) is 0.0455. The summed E-state index contributed by atoms with van der Waals surface area (Å²) in [5.41, 5.74) is 5.15. The van der Waals surface area contributed by atoms with Gasteiger partial charge in [-0.05, 0) is 47.5 Å². The lowest BCUT2D eigenvalue weighted by molar-refractivity contribution is 0.373. The molecule has 0 bridgehead atoms. The summed E-state index contributed by atoms with van der Waals surface area (Å²) in [7, 11) is 1.54. The Morgan fingerprint density at radius 3 is 2.58 bits per heavy atom. The van der Waals surface area contributed by atoms with Gasteiger partial charge in [0.2, 0.25) is 0 Å². The Balaban J connectivity index is 1.66. The largest absolute Gasteiger partial charge is 0.504 e. The highest BCUT2D eigenvalue weighted by Crippen LogP contribution is 2.27. The van der Waals surface area contributed by atoms with E-state index in [2.05, 4.69) is 33.8 Å². The fourth-order valence-electron chi connectivity index (χ4n) is 2.93. The number of ether oxygens (including phenoxy) is 1. The van der Waals surface area contributed by atoms with Crippen LogP contribution in [-0.4, -0.2) is 21.8 Å².